The van der Waals surface area contributed by atoms with Crippen LogP contribution < -0.4 is 10.1 Å². The molecule has 0 aromatic heterocycles. The molecule has 0 atom stereocenters. The lowest BCUT2D eigenvalue weighted by molar-refractivity contribution is 0.0526. The second-order valence-corrected chi connectivity index (χ2v) is 6.44. The number of rotatable bonds is 7. The second kappa shape index (κ2) is 8.73. The number of carbonyl (C=O) groups is 1. The van der Waals surface area contributed by atoms with Crippen molar-refractivity contribution >= 4 is 27.6 Å². The maximum Gasteiger partial charge on any atom is 0.338 e. The standard InChI is InChI=1S/C19H22BrNO3/c1-4-23-19(22)15-6-8-16(9-7-15)21-12-14-5-10-18(17(20)11-14)24-13(2)3/h5-11,13,21H,4,12H2,1-3H3. The molecule has 5 heteroatoms. The number of ether oxygens (including phenoxy) is 2. The number of hydrogen-bond acceptors (Lipinski definition) is 4. The third kappa shape index (κ3) is 5.27. The zero-order valence-electron chi connectivity index (χ0n) is 14.1. The van der Waals surface area contributed by atoms with Crippen LogP contribution in [0.2, 0.25) is 0 Å². The Labute approximate surface area is 151 Å². The molecule has 0 bridgehead atoms. The van der Waals surface area contributed by atoms with Crippen LogP contribution in [-0.2, 0) is 11.3 Å². The van der Waals surface area contributed by atoms with Gasteiger partial charge in [0.2, 0.25) is 0 Å². The molecule has 0 aliphatic rings. The van der Waals surface area contributed by atoms with Crippen molar-refractivity contribution in [3.63, 3.8) is 0 Å². The van der Waals surface area contributed by atoms with Crippen molar-refractivity contribution in [3.8, 4) is 5.75 Å². The predicted molar refractivity (Wildman–Crippen MR) is 99.6 cm³/mol. The topological polar surface area (TPSA) is 47.6 Å². The quantitative estimate of drug-likeness (QED) is 0.672. The average Bonchev–Trinajstić information content (AvgIpc) is 2.55. The second-order valence-electron chi connectivity index (χ2n) is 5.58. The minimum absolute atomic E-state index is 0.142. The molecule has 2 aromatic carbocycles. The Morgan fingerprint density at radius 2 is 1.88 bits per heavy atom. The molecule has 2 rings (SSSR count). The Morgan fingerprint density at radius 1 is 1.17 bits per heavy atom. The molecule has 24 heavy (non-hydrogen) atoms. The first kappa shape index (κ1) is 18.3. The van der Waals surface area contributed by atoms with E-state index in [4.69, 9.17) is 9.47 Å². The van der Waals surface area contributed by atoms with Crippen molar-refractivity contribution in [2.75, 3.05) is 11.9 Å². The summed E-state index contributed by atoms with van der Waals surface area (Å²) in [6.07, 6.45) is 0.142. The molecule has 0 aliphatic carbocycles. The lowest BCUT2D eigenvalue weighted by Gasteiger charge is -2.13. The molecular weight excluding hydrogens is 370 g/mol. The van der Waals surface area contributed by atoms with E-state index in [0.717, 1.165) is 21.5 Å². The smallest absolute Gasteiger partial charge is 0.338 e. The van der Waals surface area contributed by atoms with Crippen LogP contribution in [0.25, 0.3) is 0 Å². The zero-order valence-corrected chi connectivity index (χ0v) is 15.7. The van der Waals surface area contributed by atoms with Crippen LogP contribution in [-0.4, -0.2) is 18.7 Å². The summed E-state index contributed by atoms with van der Waals surface area (Å²) in [7, 11) is 0. The summed E-state index contributed by atoms with van der Waals surface area (Å²) >= 11 is 3.54. The Morgan fingerprint density at radius 3 is 2.46 bits per heavy atom. The first-order valence-electron chi connectivity index (χ1n) is 7.95. The first-order valence-corrected chi connectivity index (χ1v) is 8.75. The molecule has 0 saturated heterocycles. The van der Waals surface area contributed by atoms with Gasteiger partial charge in [0.15, 0.2) is 0 Å². The van der Waals surface area contributed by atoms with Crippen LogP contribution in [0.3, 0.4) is 0 Å². The van der Waals surface area contributed by atoms with Gasteiger partial charge in [0.05, 0.1) is 22.7 Å². The Bertz CT molecular complexity index is 684. The summed E-state index contributed by atoms with van der Waals surface area (Å²) in [5, 5.41) is 3.33. The Hall–Kier alpha value is -2.01. The van der Waals surface area contributed by atoms with E-state index in [0.29, 0.717) is 18.7 Å². The molecule has 0 amide bonds. The van der Waals surface area contributed by atoms with Crippen molar-refractivity contribution in [1.29, 1.82) is 0 Å². The SMILES string of the molecule is CCOC(=O)c1ccc(NCc2ccc(OC(C)C)c(Br)c2)cc1. The third-order valence-electron chi connectivity index (χ3n) is 3.25. The van der Waals surface area contributed by atoms with Gasteiger partial charge in [-0.2, -0.15) is 0 Å². The summed E-state index contributed by atoms with van der Waals surface area (Å²) in [6, 6.07) is 13.3. The van der Waals surface area contributed by atoms with Crippen LogP contribution in [0.15, 0.2) is 46.9 Å². The van der Waals surface area contributed by atoms with E-state index < -0.39 is 0 Å². The van der Waals surface area contributed by atoms with E-state index in [1.165, 1.54) is 0 Å². The van der Waals surface area contributed by atoms with Crippen molar-refractivity contribution in [1.82, 2.24) is 0 Å². The molecule has 0 aliphatic heterocycles. The minimum Gasteiger partial charge on any atom is -0.490 e. The van der Waals surface area contributed by atoms with Gasteiger partial charge in [-0.05, 0) is 78.7 Å². The van der Waals surface area contributed by atoms with E-state index in [2.05, 4.69) is 21.2 Å². The summed E-state index contributed by atoms with van der Waals surface area (Å²) < 4.78 is 11.6. The maximum atomic E-state index is 11.6. The molecule has 0 unspecified atom stereocenters. The fourth-order valence-corrected chi connectivity index (χ4v) is 2.67. The molecule has 0 radical (unpaired) electrons. The van der Waals surface area contributed by atoms with Crippen molar-refractivity contribution < 1.29 is 14.3 Å². The van der Waals surface area contributed by atoms with Crippen LogP contribution in [0.5, 0.6) is 5.75 Å². The van der Waals surface area contributed by atoms with E-state index in [1.807, 2.05) is 44.2 Å². The van der Waals surface area contributed by atoms with Gasteiger partial charge in [-0.25, -0.2) is 4.79 Å². The minimum atomic E-state index is -0.297. The maximum absolute atomic E-state index is 11.6. The van der Waals surface area contributed by atoms with E-state index in [1.54, 1.807) is 19.1 Å². The van der Waals surface area contributed by atoms with Crippen LogP contribution >= 0.6 is 15.9 Å². The number of benzene rings is 2. The van der Waals surface area contributed by atoms with Crippen LogP contribution in [0, 0.1) is 0 Å². The molecule has 128 valence electrons. The van der Waals surface area contributed by atoms with Crippen molar-refractivity contribution in [2.24, 2.45) is 0 Å². The Balaban J connectivity index is 1.95. The zero-order chi connectivity index (χ0) is 17.5. The van der Waals surface area contributed by atoms with Gasteiger partial charge in [-0.3, -0.25) is 0 Å². The fraction of sp³-hybridized carbons (Fsp3) is 0.316. The van der Waals surface area contributed by atoms with Crippen molar-refractivity contribution in [3.05, 3.63) is 58.1 Å². The fourth-order valence-electron chi connectivity index (χ4n) is 2.15. The summed E-state index contributed by atoms with van der Waals surface area (Å²) in [5.74, 6) is 0.543. The molecule has 2 aromatic rings. The number of halogens is 1. The van der Waals surface area contributed by atoms with Gasteiger partial charge >= 0.3 is 5.97 Å². The number of hydrogen-bond donors (Lipinski definition) is 1. The predicted octanol–water partition coefficient (Wildman–Crippen LogP) is 5.03. The van der Waals surface area contributed by atoms with E-state index in [9.17, 15) is 4.79 Å². The molecular formula is C19H22BrNO3. The summed E-state index contributed by atoms with van der Waals surface area (Å²) in [6.45, 7) is 6.86. The van der Waals surface area contributed by atoms with Gasteiger partial charge < -0.3 is 14.8 Å². The third-order valence-corrected chi connectivity index (χ3v) is 3.87. The van der Waals surface area contributed by atoms with Gasteiger partial charge in [0.1, 0.15) is 5.75 Å². The molecule has 0 saturated carbocycles. The highest BCUT2D eigenvalue weighted by molar-refractivity contribution is 9.10. The largest absolute Gasteiger partial charge is 0.490 e. The Kier molecular flexibility index (Phi) is 6.67. The highest BCUT2D eigenvalue weighted by Crippen LogP contribution is 2.27. The monoisotopic (exact) mass is 391 g/mol. The number of nitrogens with one attached hydrogen (secondary N) is 1. The summed E-state index contributed by atoms with van der Waals surface area (Å²) in [4.78, 5) is 11.6. The molecule has 0 heterocycles. The number of carbonyl (C=O) groups excluding carboxylic acids is 1. The molecule has 1 N–H and O–H groups in total. The molecule has 4 nitrogen and oxygen atoms in total. The van der Waals surface area contributed by atoms with Crippen LogP contribution in [0.4, 0.5) is 5.69 Å². The van der Waals surface area contributed by atoms with Gasteiger partial charge in [-0.15, -0.1) is 0 Å². The molecule has 0 spiro atoms. The van der Waals surface area contributed by atoms with Crippen LogP contribution in [0.1, 0.15) is 36.7 Å². The average molecular weight is 392 g/mol. The van der Waals surface area contributed by atoms with E-state index in [-0.39, 0.29) is 12.1 Å². The van der Waals surface area contributed by atoms with Gasteiger partial charge in [0, 0.05) is 12.2 Å². The van der Waals surface area contributed by atoms with Gasteiger partial charge in [-0.1, -0.05) is 6.07 Å². The highest BCUT2D eigenvalue weighted by atomic mass is 79.9. The number of esters is 1. The normalized spacial score (nSPS) is 10.5. The van der Waals surface area contributed by atoms with Gasteiger partial charge in [0.25, 0.3) is 0 Å². The number of anilines is 1. The van der Waals surface area contributed by atoms with Crippen molar-refractivity contribution in [2.45, 2.75) is 33.4 Å². The highest BCUT2D eigenvalue weighted by Gasteiger charge is 2.07. The lowest BCUT2D eigenvalue weighted by atomic mass is 10.2. The first-order chi connectivity index (χ1) is 11.5. The summed E-state index contributed by atoms with van der Waals surface area (Å²) in [5.41, 5.74) is 2.63. The molecule has 0 fully saturated rings. The lowest BCUT2D eigenvalue weighted by Crippen LogP contribution is -2.07. The van der Waals surface area contributed by atoms with E-state index >= 15 is 0 Å².